The summed E-state index contributed by atoms with van der Waals surface area (Å²) in [5, 5.41) is 2.98. The maximum Gasteiger partial charge on any atom is 0.251 e. The van der Waals surface area contributed by atoms with Gasteiger partial charge in [-0.2, -0.15) is 0 Å². The highest BCUT2D eigenvalue weighted by atomic mass is 16.5. The number of aryl methyl sites for hydroxylation is 2. The average molecular weight is 381 g/mol. The number of aromatic nitrogens is 2. The Morgan fingerprint density at radius 1 is 1.07 bits per heavy atom. The van der Waals surface area contributed by atoms with Gasteiger partial charge in [0.05, 0.1) is 24.2 Å². The summed E-state index contributed by atoms with van der Waals surface area (Å²) in [5.41, 5.74) is 2.69. The first kappa shape index (κ1) is 19.7. The first-order chi connectivity index (χ1) is 13.6. The molecule has 1 aromatic heterocycles. The minimum Gasteiger partial charge on any atom is -0.490 e. The third kappa shape index (κ3) is 4.44. The average Bonchev–Trinajstić information content (AvgIpc) is 3.02. The van der Waals surface area contributed by atoms with Crippen molar-refractivity contribution in [3.05, 3.63) is 53.9 Å². The number of para-hydroxylation sites is 2. The predicted octanol–water partition coefficient (Wildman–Crippen LogP) is 3.96. The SMILES string of the molecule is CCOc1ccc(C(=O)NCCCn2c(C)nc3ccccc32)cc1OCC. The van der Waals surface area contributed by atoms with Crippen LogP contribution in [0.15, 0.2) is 42.5 Å². The van der Waals surface area contributed by atoms with Gasteiger partial charge in [0.15, 0.2) is 11.5 Å². The standard InChI is InChI=1S/C22H27N3O3/c1-4-27-20-12-11-17(15-21(20)28-5-2)22(26)23-13-8-14-25-16(3)24-18-9-6-7-10-19(18)25/h6-7,9-12,15H,4-5,8,13-14H2,1-3H3,(H,23,26). The van der Waals surface area contributed by atoms with Crippen LogP contribution in [0.2, 0.25) is 0 Å². The van der Waals surface area contributed by atoms with E-state index in [1.165, 1.54) is 0 Å². The van der Waals surface area contributed by atoms with E-state index in [0.29, 0.717) is 36.8 Å². The lowest BCUT2D eigenvalue weighted by atomic mass is 10.2. The molecule has 0 unspecified atom stereocenters. The molecule has 0 aliphatic carbocycles. The second kappa shape index (κ2) is 9.26. The topological polar surface area (TPSA) is 65.4 Å². The molecule has 0 bridgehead atoms. The lowest BCUT2D eigenvalue weighted by Gasteiger charge is -2.13. The van der Waals surface area contributed by atoms with E-state index in [9.17, 15) is 4.79 Å². The number of ether oxygens (including phenoxy) is 2. The highest BCUT2D eigenvalue weighted by Gasteiger charge is 2.12. The number of nitrogens with one attached hydrogen (secondary N) is 1. The Bertz CT molecular complexity index is 949. The number of carbonyl (C=O) groups is 1. The Balaban J connectivity index is 1.58. The summed E-state index contributed by atoms with van der Waals surface area (Å²) in [5.74, 6) is 2.12. The van der Waals surface area contributed by atoms with Crippen LogP contribution in [-0.4, -0.2) is 35.2 Å². The number of imidazole rings is 1. The Labute approximate surface area is 165 Å². The van der Waals surface area contributed by atoms with Gasteiger partial charge in [0.1, 0.15) is 5.82 Å². The van der Waals surface area contributed by atoms with Crippen molar-refractivity contribution in [2.45, 2.75) is 33.7 Å². The van der Waals surface area contributed by atoms with Crippen molar-refractivity contribution in [1.82, 2.24) is 14.9 Å². The fourth-order valence-corrected chi connectivity index (χ4v) is 3.21. The molecule has 3 aromatic rings. The van der Waals surface area contributed by atoms with Crippen LogP contribution in [0, 0.1) is 6.92 Å². The van der Waals surface area contributed by atoms with Crippen LogP contribution in [0.1, 0.15) is 36.5 Å². The molecular formula is C22H27N3O3. The van der Waals surface area contributed by atoms with Crippen molar-refractivity contribution in [1.29, 1.82) is 0 Å². The summed E-state index contributed by atoms with van der Waals surface area (Å²) >= 11 is 0. The fourth-order valence-electron chi connectivity index (χ4n) is 3.21. The molecule has 6 nitrogen and oxygen atoms in total. The van der Waals surface area contributed by atoms with Gasteiger partial charge < -0.3 is 19.4 Å². The van der Waals surface area contributed by atoms with Gasteiger partial charge in [-0.3, -0.25) is 4.79 Å². The van der Waals surface area contributed by atoms with Crippen molar-refractivity contribution < 1.29 is 14.3 Å². The second-order valence-corrected chi connectivity index (χ2v) is 6.44. The zero-order chi connectivity index (χ0) is 19.9. The van der Waals surface area contributed by atoms with Crippen LogP contribution in [0.4, 0.5) is 0 Å². The van der Waals surface area contributed by atoms with E-state index in [2.05, 4.69) is 20.9 Å². The highest BCUT2D eigenvalue weighted by Crippen LogP contribution is 2.28. The van der Waals surface area contributed by atoms with Crippen LogP contribution in [0.25, 0.3) is 11.0 Å². The first-order valence-electron chi connectivity index (χ1n) is 9.73. The van der Waals surface area contributed by atoms with Crippen LogP contribution in [-0.2, 0) is 6.54 Å². The molecule has 0 atom stereocenters. The summed E-state index contributed by atoms with van der Waals surface area (Å²) in [6.07, 6.45) is 0.822. The van der Waals surface area contributed by atoms with E-state index in [0.717, 1.165) is 29.8 Å². The molecule has 3 rings (SSSR count). The molecule has 0 aliphatic heterocycles. The number of amides is 1. The van der Waals surface area contributed by atoms with E-state index in [1.54, 1.807) is 18.2 Å². The minimum absolute atomic E-state index is 0.115. The first-order valence-corrected chi connectivity index (χ1v) is 9.73. The van der Waals surface area contributed by atoms with Crippen LogP contribution in [0.5, 0.6) is 11.5 Å². The molecule has 0 saturated heterocycles. The number of benzene rings is 2. The number of hydrogen-bond acceptors (Lipinski definition) is 4. The Hall–Kier alpha value is -3.02. The van der Waals surface area contributed by atoms with E-state index in [-0.39, 0.29) is 5.91 Å². The smallest absolute Gasteiger partial charge is 0.251 e. The number of hydrogen-bond donors (Lipinski definition) is 1. The quantitative estimate of drug-likeness (QED) is 0.570. The van der Waals surface area contributed by atoms with E-state index in [4.69, 9.17) is 9.47 Å². The summed E-state index contributed by atoms with van der Waals surface area (Å²) in [6, 6.07) is 13.4. The molecule has 1 N–H and O–H groups in total. The van der Waals surface area contributed by atoms with Gasteiger partial charge in [-0.15, -0.1) is 0 Å². The van der Waals surface area contributed by atoms with Crippen LogP contribution >= 0.6 is 0 Å². The van der Waals surface area contributed by atoms with Gasteiger partial charge >= 0.3 is 0 Å². The van der Waals surface area contributed by atoms with Gasteiger partial charge in [-0.1, -0.05) is 12.1 Å². The lowest BCUT2D eigenvalue weighted by molar-refractivity contribution is 0.0952. The second-order valence-electron chi connectivity index (χ2n) is 6.44. The minimum atomic E-state index is -0.115. The zero-order valence-corrected chi connectivity index (χ0v) is 16.7. The summed E-state index contributed by atoms with van der Waals surface area (Å²) in [7, 11) is 0. The molecule has 1 amide bonds. The maximum atomic E-state index is 12.5. The Morgan fingerprint density at radius 3 is 2.61 bits per heavy atom. The Kier molecular flexibility index (Phi) is 6.53. The van der Waals surface area contributed by atoms with E-state index < -0.39 is 0 Å². The summed E-state index contributed by atoms with van der Waals surface area (Å²) < 4.78 is 13.3. The third-order valence-electron chi connectivity index (χ3n) is 4.50. The van der Waals surface area contributed by atoms with Gasteiger partial charge in [0, 0.05) is 18.7 Å². The van der Waals surface area contributed by atoms with Gasteiger partial charge in [-0.05, 0) is 57.5 Å². The van der Waals surface area contributed by atoms with Crippen LogP contribution < -0.4 is 14.8 Å². The lowest BCUT2D eigenvalue weighted by Crippen LogP contribution is -2.25. The molecule has 0 radical (unpaired) electrons. The molecule has 28 heavy (non-hydrogen) atoms. The van der Waals surface area contributed by atoms with Gasteiger partial charge in [0.2, 0.25) is 0 Å². The Morgan fingerprint density at radius 2 is 1.82 bits per heavy atom. The molecule has 0 saturated carbocycles. The zero-order valence-electron chi connectivity index (χ0n) is 16.7. The summed E-state index contributed by atoms with van der Waals surface area (Å²) in [6.45, 7) is 8.29. The maximum absolute atomic E-state index is 12.5. The fraction of sp³-hybridized carbons (Fsp3) is 0.364. The summed E-state index contributed by atoms with van der Waals surface area (Å²) in [4.78, 5) is 17.1. The largest absolute Gasteiger partial charge is 0.490 e. The van der Waals surface area contributed by atoms with Gasteiger partial charge in [0.25, 0.3) is 5.91 Å². The number of fused-ring (bicyclic) bond motifs is 1. The van der Waals surface area contributed by atoms with Gasteiger partial charge in [-0.25, -0.2) is 4.98 Å². The molecule has 0 fully saturated rings. The van der Waals surface area contributed by atoms with Crippen LogP contribution in [0.3, 0.4) is 0 Å². The van der Waals surface area contributed by atoms with Crippen molar-refractivity contribution in [3.63, 3.8) is 0 Å². The van der Waals surface area contributed by atoms with Crippen molar-refractivity contribution >= 4 is 16.9 Å². The van der Waals surface area contributed by atoms with Crippen molar-refractivity contribution in [2.75, 3.05) is 19.8 Å². The third-order valence-corrected chi connectivity index (χ3v) is 4.50. The number of nitrogens with zero attached hydrogens (tertiary/aromatic N) is 2. The van der Waals surface area contributed by atoms with E-state index >= 15 is 0 Å². The number of rotatable bonds is 9. The molecule has 1 heterocycles. The molecule has 0 aliphatic rings. The molecular weight excluding hydrogens is 354 g/mol. The number of carbonyl (C=O) groups excluding carboxylic acids is 1. The monoisotopic (exact) mass is 381 g/mol. The van der Waals surface area contributed by atoms with Crippen molar-refractivity contribution in [3.8, 4) is 11.5 Å². The van der Waals surface area contributed by atoms with Crippen molar-refractivity contribution in [2.24, 2.45) is 0 Å². The highest BCUT2D eigenvalue weighted by molar-refractivity contribution is 5.94. The predicted molar refractivity (Wildman–Crippen MR) is 110 cm³/mol. The molecule has 6 heteroatoms. The normalized spacial score (nSPS) is 10.8. The molecule has 0 spiro atoms. The van der Waals surface area contributed by atoms with E-state index in [1.807, 2.05) is 39.0 Å². The molecule has 148 valence electrons. The molecule has 2 aromatic carbocycles.